The van der Waals surface area contributed by atoms with Crippen LogP contribution in [0.5, 0.6) is 0 Å². The lowest BCUT2D eigenvalue weighted by Crippen LogP contribution is -2.24. The molecule has 0 aliphatic rings. The number of nitrogens with zero attached hydrogens (tertiary/aromatic N) is 1. The van der Waals surface area contributed by atoms with Gasteiger partial charge in [-0.15, -0.1) is 11.8 Å². The number of rotatable bonds is 9. The lowest BCUT2D eigenvalue weighted by molar-refractivity contribution is -0.384. The summed E-state index contributed by atoms with van der Waals surface area (Å²) in [6.45, 7) is 1.85. The third-order valence-electron chi connectivity index (χ3n) is 4.84. The van der Waals surface area contributed by atoms with E-state index in [0.29, 0.717) is 17.8 Å². The van der Waals surface area contributed by atoms with Gasteiger partial charge in [0, 0.05) is 34.0 Å². The van der Waals surface area contributed by atoms with Gasteiger partial charge in [-0.05, 0) is 55.0 Å². The molecule has 35 heavy (non-hydrogen) atoms. The minimum atomic E-state index is -1.19. The van der Waals surface area contributed by atoms with Crippen molar-refractivity contribution in [1.82, 2.24) is 0 Å². The summed E-state index contributed by atoms with van der Waals surface area (Å²) < 4.78 is 0. The number of non-ortho nitro benzene ring substituents is 1. The van der Waals surface area contributed by atoms with Crippen molar-refractivity contribution in [2.75, 3.05) is 10.6 Å². The van der Waals surface area contributed by atoms with Crippen molar-refractivity contribution in [1.29, 1.82) is 0 Å². The van der Waals surface area contributed by atoms with E-state index >= 15 is 0 Å². The van der Waals surface area contributed by atoms with Crippen LogP contribution in [0.25, 0.3) is 0 Å². The first-order valence-corrected chi connectivity index (χ1v) is 11.6. The molecule has 0 aliphatic heterocycles. The van der Waals surface area contributed by atoms with E-state index < -0.39 is 22.0 Å². The molecule has 1 atom stereocenters. The topological polar surface area (TPSA) is 139 Å². The van der Waals surface area contributed by atoms with Crippen molar-refractivity contribution >= 4 is 58.2 Å². The summed E-state index contributed by atoms with van der Waals surface area (Å²) in [5.41, 5.74) is 0.865. The number of halogens is 1. The summed E-state index contributed by atoms with van der Waals surface area (Å²) in [5, 5.41) is 25.0. The molecule has 0 heterocycles. The number of nitro benzene ring substituents is 1. The number of carboxylic acid groups (broad SMARTS) is 1. The number of hydrogen-bond donors (Lipinski definition) is 3. The molecule has 0 saturated heterocycles. The van der Waals surface area contributed by atoms with Crippen molar-refractivity contribution in [2.45, 2.75) is 23.5 Å². The Morgan fingerprint density at radius 2 is 1.71 bits per heavy atom. The average Bonchev–Trinajstić information content (AvgIpc) is 2.83. The number of thioether (sulfide) groups is 1. The standard InChI is InChI=1S/C24H20ClN3O6S/c1-2-21(23(30)27-16-8-11-20(25)19(13-16)24(31)32)35-18-5-3-4-15(12-18)26-22(29)14-6-9-17(10-7-14)28(33)34/h3-13,21H,2H2,1H3,(H,26,29)(H,27,30)(H,31,32). The maximum absolute atomic E-state index is 12.8. The molecule has 0 bridgehead atoms. The van der Waals surface area contributed by atoms with Crippen molar-refractivity contribution in [3.05, 3.63) is 93.0 Å². The van der Waals surface area contributed by atoms with Crippen LogP contribution in [0.4, 0.5) is 17.1 Å². The van der Waals surface area contributed by atoms with Crippen molar-refractivity contribution in [3.8, 4) is 0 Å². The predicted octanol–water partition coefficient (Wildman–Crippen LogP) is 5.71. The monoisotopic (exact) mass is 513 g/mol. The Balaban J connectivity index is 1.67. The molecule has 3 N–H and O–H groups in total. The number of carboxylic acids is 1. The largest absolute Gasteiger partial charge is 0.478 e. The zero-order chi connectivity index (χ0) is 25.5. The maximum atomic E-state index is 12.8. The smallest absolute Gasteiger partial charge is 0.337 e. The van der Waals surface area contributed by atoms with E-state index in [1.165, 1.54) is 54.2 Å². The van der Waals surface area contributed by atoms with Crippen LogP contribution in [-0.2, 0) is 4.79 Å². The second-order valence-corrected chi connectivity index (χ2v) is 8.97. The molecule has 2 amide bonds. The molecule has 0 saturated carbocycles. The minimum Gasteiger partial charge on any atom is -0.478 e. The molecule has 3 aromatic rings. The van der Waals surface area contributed by atoms with E-state index in [4.69, 9.17) is 11.6 Å². The van der Waals surface area contributed by atoms with E-state index in [1.807, 2.05) is 6.92 Å². The quantitative estimate of drug-likeness (QED) is 0.189. The van der Waals surface area contributed by atoms with Gasteiger partial charge < -0.3 is 15.7 Å². The molecule has 0 spiro atoms. The molecule has 0 aromatic heterocycles. The fraction of sp³-hybridized carbons (Fsp3) is 0.125. The van der Waals surface area contributed by atoms with Gasteiger partial charge in [0.05, 0.1) is 20.8 Å². The molecule has 0 aliphatic carbocycles. The van der Waals surface area contributed by atoms with E-state index in [9.17, 15) is 29.6 Å². The van der Waals surface area contributed by atoms with E-state index in [1.54, 1.807) is 24.3 Å². The number of carbonyl (C=O) groups excluding carboxylic acids is 2. The first-order valence-electron chi connectivity index (χ1n) is 10.3. The zero-order valence-electron chi connectivity index (χ0n) is 18.4. The van der Waals surface area contributed by atoms with Gasteiger partial charge in [-0.2, -0.15) is 0 Å². The van der Waals surface area contributed by atoms with Crippen LogP contribution in [0.2, 0.25) is 5.02 Å². The van der Waals surface area contributed by atoms with Gasteiger partial charge in [0.15, 0.2) is 0 Å². The van der Waals surface area contributed by atoms with Gasteiger partial charge in [0.1, 0.15) is 0 Å². The van der Waals surface area contributed by atoms with Crippen molar-refractivity contribution in [2.24, 2.45) is 0 Å². The normalized spacial score (nSPS) is 11.4. The molecule has 0 fully saturated rings. The summed E-state index contributed by atoms with van der Waals surface area (Å²) in [6, 6.07) is 16.4. The molecule has 11 heteroatoms. The number of anilines is 2. The lowest BCUT2D eigenvalue weighted by Gasteiger charge is -2.16. The highest BCUT2D eigenvalue weighted by Crippen LogP contribution is 2.29. The van der Waals surface area contributed by atoms with Crippen LogP contribution in [0.1, 0.15) is 34.1 Å². The molecule has 9 nitrogen and oxygen atoms in total. The summed E-state index contributed by atoms with van der Waals surface area (Å²) in [6.07, 6.45) is 0.495. The Kier molecular flexibility index (Phi) is 8.45. The SMILES string of the molecule is CCC(Sc1cccc(NC(=O)c2ccc([N+](=O)[O-])cc2)c1)C(=O)Nc1ccc(Cl)c(C(=O)O)c1. The highest BCUT2D eigenvalue weighted by atomic mass is 35.5. The third-order valence-corrected chi connectivity index (χ3v) is 6.53. The second kappa shape index (κ2) is 11.5. The van der Waals surface area contributed by atoms with Gasteiger partial charge in [-0.25, -0.2) is 4.79 Å². The summed E-state index contributed by atoms with van der Waals surface area (Å²) in [4.78, 5) is 47.5. The fourth-order valence-corrected chi connectivity index (χ4v) is 4.27. The lowest BCUT2D eigenvalue weighted by atomic mass is 10.2. The van der Waals surface area contributed by atoms with E-state index in [-0.39, 0.29) is 27.7 Å². The Morgan fingerprint density at radius 1 is 1.03 bits per heavy atom. The molecule has 180 valence electrons. The van der Waals surface area contributed by atoms with Crippen LogP contribution in [0, 0.1) is 10.1 Å². The minimum absolute atomic E-state index is 0.0736. The van der Waals surface area contributed by atoms with Gasteiger partial charge in [-0.3, -0.25) is 19.7 Å². The molecule has 3 aromatic carbocycles. The first kappa shape index (κ1) is 25.7. The van der Waals surface area contributed by atoms with Gasteiger partial charge in [0.25, 0.3) is 11.6 Å². The van der Waals surface area contributed by atoms with Crippen molar-refractivity contribution in [3.63, 3.8) is 0 Å². The van der Waals surface area contributed by atoms with Gasteiger partial charge in [-0.1, -0.05) is 24.6 Å². The van der Waals surface area contributed by atoms with Crippen LogP contribution < -0.4 is 10.6 Å². The second-order valence-electron chi connectivity index (χ2n) is 7.29. The zero-order valence-corrected chi connectivity index (χ0v) is 19.9. The van der Waals surface area contributed by atoms with E-state index in [0.717, 1.165) is 4.90 Å². The number of nitrogens with one attached hydrogen (secondary N) is 2. The summed E-state index contributed by atoms with van der Waals surface area (Å²) >= 11 is 7.17. The number of nitro groups is 1. The Bertz CT molecular complexity index is 1280. The number of aromatic carboxylic acids is 1. The summed E-state index contributed by atoms with van der Waals surface area (Å²) in [7, 11) is 0. The summed E-state index contributed by atoms with van der Waals surface area (Å²) in [5.74, 6) is -1.93. The third kappa shape index (κ3) is 6.81. The van der Waals surface area contributed by atoms with Crippen LogP contribution in [0.3, 0.4) is 0 Å². The molecule has 0 radical (unpaired) electrons. The highest BCUT2D eigenvalue weighted by molar-refractivity contribution is 8.00. The van der Waals surface area contributed by atoms with E-state index in [2.05, 4.69) is 10.6 Å². The number of benzene rings is 3. The molecular weight excluding hydrogens is 494 g/mol. The number of amides is 2. The molecule has 3 rings (SSSR count). The van der Waals surface area contributed by atoms with Crippen molar-refractivity contribution < 1.29 is 24.4 Å². The molecule has 1 unspecified atom stereocenters. The number of hydrogen-bond acceptors (Lipinski definition) is 6. The molecular formula is C24H20ClN3O6S. The Labute approximate surface area is 209 Å². The van der Waals surface area contributed by atoms with Crippen LogP contribution in [-0.4, -0.2) is 33.1 Å². The highest BCUT2D eigenvalue weighted by Gasteiger charge is 2.20. The Hall–Kier alpha value is -3.89. The average molecular weight is 514 g/mol. The number of carbonyl (C=O) groups is 3. The van der Waals surface area contributed by atoms with Gasteiger partial charge in [0.2, 0.25) is 5.91 Å². The first-order chi connectivity index (χ1) is 16.7. The Morgan fingerprint density at radius 3 is 2.34 bits per heavy atom. The fourth-order valence-electron chi connectivity index (χ4n) is 3.06. The predicted molar refractivity (Wildman–Crippen MR) is 134 cm³/mol. The van der Waals surface area contributed by atoms with Crippen LogP contribution >= 0.6 is 23.4 Å². The van der Waals surface area contributed by atoms with Crippen LogP contribution in [0.15, 0.2) is 71.6 Å². The van der Waals surface area contributed by atoms with Gasteiger partial charge >= 0.3 is 5.97 Å². The maximum Gasteiger partial charge on any atom is 0.337 e.